The smallest absolute Gasteiger partial charge is 0.325 e. The first-order valence-electron chi connectivity index (χ1n) is 9.77. The maximum Gasteiger partial charge on any atom is 0.416 e. The van der Waals surface area contributed by atoms with E-state index in [1.165, 1.54) is 12.1 Å². The first-order valence-corrected chi connectivity index (χ1v) is 9.77. The molecule has 4 nitrogen and oxygen atoms in total. The fourth-order valence-corrected chi connectivity index (χ4v) is 3.53. The molecule has 0 saturated heterocycles. The molecule has 4 aromatic rings. The fourth-order valence-electron chi connectivity index (χ4n) is 3.53. The van der Waals surface area contributed by atoms with Crippen molar-refractivity contribution >= 4 is 22.6 Å². The van der Waals surface area contributed by atoms with Crippen LogP contribution in [0.1, 0.15) is 22.5 Å². The van der Waals surface area contributed by atoms with Gasteiger partial charge in [0.1, 0.15) is 12.4 Å². The van der Waals surface area contributed by atoms with Gasteiger partial charge in [0.05, 0.1) is 16.6 Å². The number of nitrogens with one attached hydrogen (secondary N) is 1. The zero-order chi connectivity index (χ0) is 22.0. The van der Waals surface area contributed by atoms with Crippen LogP contribution in [0.3, 0.4) is 0 Å². The highest BCUT2D eigenvalue weighted by Gasteiger charge is 2.30. The van der Waals surface area contributed by atoms with E-state index >= 15 is 0 Å². The minimum atomic E-state index is -4.47. The molecule has 1 heterocycles. The molecular weight excluding hydrogens is 403 g/mol. The van der Waals surface area contributed by atoms with Gasteiger partial charge in [0, 0.05) is 12.1 Å². The molecule has 0 radical (unpaired) electrons. The third-order valence-electron chi connectivity index (χ3n) is 5.12. The molecule has 1 aromatic heterocycles. The van der Waals surface area contributed by atoms with Crippen molar-refractivity contribution in [3.8, 4) is 0 Å². The zero-order valence-corrected chi connectivity index (χ0v) is 16.8. The second kappa shape index (κ2) is 8.26. The molecule has 0 spiro atoms. The highest BCUT2D eigenvalue weighted by Crippen LogP contribution is 2.30. The summed E-state index contributed by atoms with van der Waals surface area (Å²) in [5, 5.41) is 2.57. The first kappa shape index (κ1) is 20.7. The Balaban J connectivity index is 1.62. The van der Waals surface area contributed by atoms with Crippen molar-refractivity contribution in [3.63, 3.8) is 0 Å². The summed E-state index contributed by atoms with van der Waals surface area (Å²) in [6.45, 7) is 1.96. The Morgan fingerprint density at radius 2 is 1.74 bits per heavy atom. The number of rotatable bonds is 5. The number of fused-ring (bicyclic) bond motifs is 1. The Bertz CT molecular complexity index is 1240. The number of alkyl halides is 3. The summed E-state index contributed by atoms with van der Waals surface area (Å²) in [5.41, 5.74) is 3.07. The molecule has 0 aliphatic rings. The van der Waals surface area contributed by atoms with Crippen molar-refractivity contribution in [2.45, 2.75) is 26.1 Å². The lowest BCUT2D eigenvalue weighted by atomic mass is 10.1. The normalized spacial score (nSPS) is 11.6. The number of carbonyl (C=O) groups excluding carboxylic acids is 1. The lowest BCUT2D eigenvalue weighted by Gasteiger charge is -2.12. The lowest BCUT2D eigenvalue weighted by Crippen LogP contribution is -2.20. The molecule has 0 saturated carbocycles. The van der Waals surface area contributed by atoms with E-state index in [1.54, 1.807) is 0 Å². The number of imidazole rings is 1. The molecule has 0 fully saturated rings. The van der Waals surface area contributed by atoms with Gasteiger partial charge in [-0.05, 0) is 48.4 Å². The number of aryl methyl sites for hydroxylation is 1. The molecule has 1 N–H and O–H groups in total. The Morgan fingerprint density at radius 1 is 1.00 bits per heavy atom. The van der Waals surface area contributed by atoms with Gasteiger partial charge in [-0.1, -0.05) is 42.5 Å². The van der Waals surface area contributed by atoms with Crippen LogP contribution >= 0.6 is 0 Å². The molecule has 0 aliphatic carbocycles. The van der Waals surface area contributed by atoms with Crippen molar-refractivity contribution in [3.05, 3.63) is 95.3 Å². The SMILES string of the molecule is Cc1ccccc1Cc1nc2ccccc2n1CC(=O)Nc1cccc(C(F)(F)F)c1. The Labute approximate surface area is 177 Å². The predicted molar refractivity (Wildman–Crippen MR) is 114 cm³/mol. The van der Waals surface area contributed by atoms with Crippen molar-refractivity contribution in [1.29, 1.82) is 0 Å². The molecule has 0 atom stereocenters. The molecular formula is C24H20F3N3O. The highest BCUT2D eigenvalue weighted by molar-refractivity contribution is 5.91. The van der Waals surface area contributed by atoms with Gasteiger partial charge in [-0.2, -0.15) is 13.2 Å². The number of aromatic nitrogens is 2. The quantitative estimate of drug-likeness (QED) is 0.455. The van der Waals surface area contributed by atoms with E-state index in [0.29, 0.717) is 6.42 Å². The molecule has 0 bridgehead atoms. The van der Waals surface area contributed by atoms with Crippen LogP contribution in [0.25, 0.3) is 11.0 Å². The van der Waals surface area contributed by atoms with Gasteiger partial charge < -0.3 is 9.88 Å². The predicted octanol–water partition coefficient (Wildman–Crippen LogP) is 5.59. The minimum absolute atomic E-state index is 0.0576. The number of hydrogen-bond donors (Lipinski definition) is 1. The van der Waals surface area contributed by atoms with Crippen LogP contribution in [0.5, 0.6) is 0 Å². The summed E-state index contributed by atoms with van der Waals surface area (Å²) < 4.78 is 40.7. The standard InChI is InChI=1S/C24H20F3N3O/c1-16-7-2-3-8-17(16)13-22-29-20-11-4-5-12-21(20)30(22)15-23(31)28-19-10-6-9-18(14-19)24(25,26)27/h2-12,14H,13,15H2,1H3,(H,28,31). The highest BCUT2D eigenvalue weighted by atomic mass is 19.4. The van der Waals surface area contributed by atoms with Gasteiger partial charge in [-0.15, -0.1) is 0 Å². The maximum absolute atomic E-state index is 13.0. The van der Waals surface area contributed by atoms with Crippen LogP contribution in [0.4, 0.5) is 18.9 Å². The van der Waals surface area contributed by atoms with Gasteiger partial charge in [-0.3, -0.25) is 4.79 Å². The summed E-state index contributed by atoms with van der Waals surface area (Å²) in [5.74, 6) is 0.295. The number of benzene rings is 3. The number of nitrogens with zero attached hydrogens (tertiary/aromatic N) is 2. The van der Waals surface area contributed by atoms with E-state index in [0.717, 1.165) is 40.1 Å². The van der Waals surface area contributed by atoms with E-state index in [4.69, 9.17) is 0 Å². The Morgan fingerprint density at radius 3 is 2.52 bits per heavy atom. The number of para-hydroxylation sites is 2. The largest absolute Gasteiger partial charge is 0.416 e. The molecule has 0 aliphatic heterocycles. The van der Waals surface area contributed by atoms with Crippen LogP contribution in [-0.2, 0) is 23.9 Å². The second-order valence-corrected chi connectivity index (χ2v) is 7.33. The van der Waals surface area contributed by atoms with Crippen molar-refractivity contribution in [2.75, 3.05) is 5.32 Å². The summed E-state index contributed by atoms with van der Waals surface area (Å²) in [4.78, 5) is 17.4. The molecule has 3 aromatic carbocycles. The van der Waals surface area contributed by atoms with E-state index in [-0.39, 0.29) is 12.2 Å². The molecule has 7 heteroatoms. The third-order valence-corrected chi connectivity index (χ3v) is 5.12. The van der Waals surface area contributed by atoms with Crippen molar-refractivity contribution in [2.24, 2.45) is 0 Å². The number of amides is 1. The van der Waals surface area contributed by atoms with Crippen LogP contribution in [0, 0.1) is 6.92 Å². The maximum atomic E-state index is 13.0. The molecule has 4 rings (SSSR count). The van der Waals surface area contributed by atoms with Crippen molar-refractivity contribution < 1.29 is 18.0 Å². The van der Waals surface area contributed by atoms with Gasteiger partial charge >= 0.3 is 6.18 Å². The summed E-state index contributed by atoms with van der Waals surface area (Å²) >= 11 is 0. The number of anilines is 1. The van der Waals surface area contributed by atoms with Gasteiger partial charge in [0.25, 0.3) is 0 Å². The number of carbonyl (C=O) groups is 1. The first-order chi connectivity index (χ1) is 14.8. The Kier molecular flexibility index (Phi) is 5.50. The number of halogens is 3. The fraction of sp³-hybridized carbons (Fsp3) is 0.167. The topological polar surface area (TPSA) is 46.9 Å². The van der Waals surface area contributed by atoms with Crippen molar-refractivity contribution in [1.82, 2.24) is 9.55 Å². The van der Waals surface area contributed by atoms with Crippen LogP contribution in [0.15, 0.2) is 72.8 Å². The minimum Gasteiger partial charge on any atom is -0.325 e. The van der Waals surface area contributed by atoms with E-state index in [2.05, 4.69) is 10.3 Å². The van der Waals surface area contributed by atoms with Crippen LogP contribution < -0.4 is 5.32 Å². The zero-order valence-electron chi connectivity index (χ0n) is 16.8. The average molecular weight is 423 g/mol. The van der Waals surface area contributed by atoms with E-state index < -0.39 is 17.6 Å². The van der Waals surface area contributed by atoms with E-state index in [1.807, 2.05) is 60.0 Å². The van der Waals surface area contributed by atoms with Gasteiger partial charge in [0.15, 0.2) is 0 Å². The van der Waals surface area contributed by atoms with Crippen LogP contribution in [0.2, 0.25) is 0 Å². The average Bonchev–Trinajstić information content (AvgIpc) is 3.06. The molecule has 0 unspecified atom stereocenters. The second-order valence-electron chi connectivity index (χ2n) is 7.33. The Hall–Kier alpha value is -3.61. The van der Waals surface area contributed by atoms with E-state index in [9.17, 15) is 18.0 Å². The molecule has 158 valence electrons. The lowest BCUT2D eigenvalue weighted by molar-refractivity contribution is -0.137. The van der Waals surface area contributed by atoms with Crippen LogP contribution in [-0.4, -0.2) is 15.5 Å². The van der Waals surface area contributed by atoms with Gasteiger partial charge in [-0.25, -0.2) is 4.98 Å². The summed E-state index contributed by atoms with van der Waals surface area (Å²) in [6, 6.07) is 20.0. The number of hydrogen-bond acceptors (Lipinski definition) is 2. The van der Waals surface area contributed by atoms with Gasteiger partial charge in [0.2, 0.25) is 5.91 Å². The summed E-state index contributed by atoms with van der Waals surface area (Å²) in [6.07, 6.45) is -3.93. The molecule has 31 heavy (non-hydrogen) atoms. The molecule has 1 amide bonds. The summed E-state index contributed by atoms with van der Waals surface area (Å²) in [7, 11) is 0. The monoisotopic (exact) mass is 423 g/mol. The third kappa shape index (κ3) is 4.60.